The predicted molar refractivity (Wildman–Crippen MR) is 79.6 cm³/mol. The van der Waals surface area contributed by atoms with Gasteiger partial charge in [0.1, 0.15) is 5.82 Å². The Morgan fingerprint density at radius 3 is 2.86 bits per heavy atom. The van der Waals surface area contributed by atoms with E-state index in [1.807, 2.05) is 26.0 Å². The zero-order valence-corrected chi connectivity index (χ0v) is 12.7. The molecule has 112 valence electrons. The summed E-state index contributed by atoms with van der Waals surface area (Å²) in [5.74, 6) is 0.828. The lowest BCUT2D eigenvalue weighted by molar-refractivity contribution is 0.0678. The minimum Gasteiger partial charge on any atom is -0.329 e. The van der Waals surface area contributed by atoms with Crippen molar-refractivity contribution in [2.24, 2.45) is 0 Å². The Morgan fingerprint density at radius 1 is 1.43 bits per heavy atom. The number of carbonyl (C=O) groups excluding carboxylic acids is 1. The topological polar surface area (TPSA) is 74.8 Å². The van der Waals surface area contributed by atoms with Crippen molar-refractivity contribution in [3.8, 4) is 0 Å². The van der Waals surface area contributed by atoms with Gasteiger partial charge in [-0.2, -0.15) is 0 Å². The molecule has 0 atom stereocenters. The van der Waals surface area contributed by atoms with Gasteiger partial charge in [0.2, 0.25) is 5.82 Å². The molecule has 1 amide bonds. The van der Waals surface area contributed by atoms with Gasteiger partial charge in [0.25, 0.3) is 5.91 Å². The molecule has 6 heteroatoms. The Morgan fingerprint density at radius 2 is 2.24 bits per heavy atom. The smallest absolute Gasteiger partial charge is 0.294 e. The van der Waals surface area contributed by atoms with Crippen LogP contribution in [0.15, 0.2) is 24.5 Å². The Bertz CT molecular complexity index is 579. The van der Waals surface area contributed by atoms with Crippen LogP contribution in [-0.4, -0.2) is 37.0 Å². The number of aryl methyl sites for hydroxylation is 1. The molecule has 0 saturated heterocycles. The van der Waals surface area contributed by atoms with Crippen LogP contribution in [0.2, 0.25) is 0 Å². The Hall–Kier alpha value is -2.24. The highest BCUT2D eigenvalue weighted by Gasteiger charge is 2.22. The van der Waals surface area contributed by atoms with Crippen LogP contribution >= 0.6 is 0 Å². The number of H-pyrrole nitrogens is 1. The van der Waals surface area contributed by atoms with Crippen LogP contribution < -0.4 is 0 Å². The number of pyridine rings is 1. The maximum Gasteiger partial charge on any atom is 0.294 e. The van der Waals surface area contributed by atoms with E-state index >= 15 is 0 Å². The van der Waals surface area contributed by atoms with Crippen LogP contribution in [0.4, 0.5) is 0 Å². The lowest BCUT2D eigenvalue weighted by Gasteiger charge is -2.25. The van der Waals surface area contributed by atoms with E-state index in [1.165, 1.54) is 0 Å². The normalized spacial score (nSPS) is 10.9. The standard InChI is InChI=1S/C15H21N5O/c1-4-6-13-17-14(19-18-13)15(21)20(11(2)3)10-12-7-5-8-16-9-12/h5,7-9,11H,4,6,10H2,1-3H3,(H,17,18,19). The number of carbonyl (C=O) groups is 1. The minimum atomic E-state index is -0.160. The quantitative estimate of drug-likeness (QED) is 0.883. The van der Waals surface area contributed by atoms with Gasteiger partial charge in [-0.3, -0.25) is 14.9 Å². The number of aromatic amines is 1. The average Bonchev–Trinajstić information content (AvgIpc) is 2.94. The SMILES string of the molecule is CCCc1nc(C(=O)N(Cc2cccnc2)C(C)C)n[nH]1. The summed E-state index contributed by atoms with van der Waals surface area (Å²) in [4.78, 5) is 22.7. The fourth-order valence-electron chi connectivity index (χ4n) is 2.05. The molecule has 0 fully saturated rings. The lowest BCUT2D eigenvalue weighted by Crippen LogP contribution is -2.37. The maximum absolute atomic E-state index is 12.6. The second kappa shape index (κ2) is 6.97. The zero-order chi connectivity index (χ0) is 15.2. The monoisotopic (exact) mass is 287 g/mol. The van der Waals surface area contributed by atoms with E-state index in [-0.39, 0.29) is 17.8 Å². The molecular formula is C15H21N5O. The maximum atomic E-state index is 12.6. The van der Waals surface area contributed by atoms with E-state index in [0.717, 1.165) is 24.2 Å². The molecule has 2 aromatic heterocycles. The molecule has 0 aliphatic heterocycles. The van der Waals surface area contributed by atoms with Gasteiger partial charge in [0.15, 0.2) is 0 Å². The largest absolute Gasteiger partial charge is 0.329 e. The van der Waals surface area contributed by atoms with Crippen LogP contribution in [0.1, 0.15) is 49.2 Å². The summed E-state index contributed by atoms with van der Waals surface area (Å²) >= 11 is 0. The van der Waals surface area contributed by atoms with Crippen molar-refractivity contribution in [1.29, 1.82) is 0 Å². The Labute approximate surface area is 124 Å². The number of nitrogens with zero attached hydrogens (tertiary/aromatic N) is 4. The molecule has 0 aromatic carbocycles. The summed E-state index contributed by atoms with van der Waals surface area (Å²) < 4.78 is 0. The number of hydrogen-bond donors (Lipinski definition) is 1. The molecule has 0 unspecified atom stereocenters. The van der Waals surface area contributed by atoms with Crippen LogP contribution in [0.25, 0.3) is 0 Å². The second-order valence-corrected chi connectivity index (χ2v) is 5.24. The molecule has 2 rings (SSSR count). The highest BCUT2D eigenvalue weighted by atomic mass is 16.2. The Balaban J connectivity index is 2.15. The molecule has 0 aliphatic carbocycles. The molecule has 0 saturated carbocycles. The molecule has 2 heterocycles. The van der Waals surface area contributed by atoms with Gasteiger partial charge < -0.3 is 4.90 Å². The summed E-state index contributed by atoms with van der Waals surface area (Å²) in [5.41, 5.74) is 0.990. The third-order valence-electron chi connectivity index (χ3n) is 3.17. The first-order chi connectivity index (χ1) is 10.1. The third kappa shape index (κ3) is 3.87. The van der Waals surface area contributed by atoms with Gasteiger partial charge >= 0.3 is 0 Å². The van der Waals surface area contributed by atoms with Gasteiger partial charge in [-0.15, -0.1) is 5.10 Å². The summed E-state index contributed by atoms with van der Waals surface area (Å²) in [6.07, 6.45) is 5.25. The van der Waals surface area contributed by atoms with Crippen LogP contribution in [0, 0.1) is 0 Å². The number of amides is 1. The molecule has 0 aliphatic rings. The van der Waals surface area contributed by atoms with E-state index in [9.17, 15) is 4.79 Å². The third-order valence-corrected chi connectivity index (χ3v) is 3.17. The average molecular weight is 287 g/mol. The first-order valence-electron chi connectivity index (χ1n) is 7.23. The van der Waals surface area contributed by atoms with Crippen LogP contribution in [-0.2, 0) is 13.0 Å². The fourth-order valence-corrected chi connectivity index (χ4v) is 2.05. The summed E-state index contributed by atoms with van der Waals surface area (Å²) in [7, 11) is 0. The lowest BCUT2D eigenvalue weighted by atomic mass is 10.2. The van der Waals surface area contributed by atoms with E-state index in [1.54, 1.807) is 17.3 Å². The van der Waals surface area contributed by atoms with Crippen molar-refractivity contribution in [2.45, 2.75) is 46.2 Å². The van der Waals surface area contributed by atoms with Crippen molar-refractivity contribution in [2.75, 3.05) is 0 Å². The molecule has 0 spiro atoms. The first kappa shape index (κ1) is 15.2. The number of aromatic nitrogens is 4. The molecule has 6 nitrogen and oxygen atoms in total. The van der Waals surface area contributed by atoms with E-state index in [0.29, 0.717) is 6.54 Å². The van der Waals surface area contributed by atoms with Crippen LogP contribution in [0.3, 0.4) is 0 Å². The summed E-state index contributed by atoms with van der Waals surface area (Å²) in [6.45, 7) is 6.52. The number of nitrogens with one attached hydrogen (secondary N) is 1. The minimum absolute atomic E-state index is 0.0610. The number of rotatable bonds is 6. The van der Waals surface area contributed by atoms with Gasteiger partial charge in [-0.25, -0.2) is 4.98 Å². The molecule has 0 radical (unpaired) electrons. The molecule has 1 N–H and O–H groups in total. The number of hydrogen-bond acceptors (Lipinski definition) is 4. The van der Waals surface area contributed by atoms with Gasteiger partial charge in [0, 0.05) is 31.4 Å². The molecular weight excluding hydrogens is 266 g/mol. The molecule has 0 bridgehead atoms. The first-order valence-corrected chi connectivity index (χ1v) is 7.23. The predicted octanol–water partition coefficient (Wildman–Crippen LogP) is 2.20. The highest BCUT2D eigenvalue weighted by molar-refractivity contribution is 5.90. The van der Waals surface area contributed by atoms with Crippen molar-refractivity contribution in [3.05, 3.63) is 41.7 Å². The second-order valence-electron chi connectivity index (χ2n) is 5.24. The zero-order valence-electron chi connectivity index (χ0n) is 12.7. The molecule has 21 heavy (non-hydrogen) atoms. The van der Waals surface area contributed by atoms with Crippen molar-refractivity contribution >= 4 is 5.91 Å². The molecule has 2 aromatic rings. The van der Waals surface area contributed by atoms with Gasteiger partial charge in [-0.1, -0.05) is 13.0 Å². The van der Waals surface area contributed by atoms with E-state index < -0.39 is 0 Å². The van der Waals surface area contributed by atoms with Crippen molar-refractivity contribution < 1.29 is 4.79 Å². The fraction of sp³-hybridized carbons (Fsp3) is 0.467. The van der Waals surface area contributed by atoms with Gasteiger partial charge in [-0.05, 0) is 31.9 Å². The van der Waals surface area contributed by atoms with Gasteiger partial charge in [0.05, 0.1) is 0 Å². The summed E-state index contributed by atoms with van der Waals surface area (Å²) in [5, 5.41) is 6.86. The Kier molecular flexibility index (Phi) is 5.03. The highest BCUT2D eigenvalue weighted by Crippen LogP contribution is 2.11. The van der Waals surface area contributed by atoms with E-state index in [4.69, 9.17) is 0 Å². The van der Waals surface area contributed by atoms with Crippen LogP contribution in [0.5, 0.6) is 0 Å². The van der Waals surface area contributed by atoms with E-state index in [2.05, 4.69) is 27.1 Å². The summed E-state index contributed by atoms with van der Waals surface area (Å²) in [6, 6.07) is 3.88. The van der Waals surface area contributed by atoms with Crippen molar-refractivity contribution in [1.82, 2.24) is 25.1 Å². The van der Waals surface area contributed by atoms with Crippen molar-refractivity contribution in [3.63, 3.8) is 0 Å².